The number of nitrogens with one attached hydrogen (secondary N) is 1. The van der Waals surface area contributed by atoms with Gasteiger partial charge in [-0.3, -0.25) is 4.79 Å². The summed E-state index contributed by atoms with van der Waals surface area (Å²) in [4.78, 5) is 17.0. The Hall–Kier alpha value is -2.89. The van der Waals surface area contributed by atoms with Crippen molar-refractivity contribution in [1.82, 2.24) is 5.32 Å². The Morgan fingerprint density at radius 1 is 1.17 bits per heavy atom. The fourth-order valence-corrected chi connectivity index (χ4v) is 2.06. The van der Waals surface area contributed by atoms with Gasteiger partial charge in [0.05, 0.1) is 6.04 Å². The van der Waals surface area contributed by atoms with Crippen LogP contribution in [0.1, 0.15) is 18.5 Å². The van der Waals surface area contributed by atoms with E-state index in [9.17, 15) is 9.18 Å². The molecule has 1 unspecified atom stereocenters. The van der Waals surface area contributed by atoms with Crippen molar-refractivity contribution >= 4 is 11.6 Å². The third-order valence-corrected chi connectivity index (χ3v) is 3.31. The van der Waals surface area contributed by atoms with Gasteiger partial charge in [0.15, 0.2) is 17.3 Å². The quantitative estimate of drug-likeness (QED) is 0.627. The molecule has 1 amide bonds. The molecule has 0 bridgehead atoms. The summed E-state index contributed by atoms with van der Waals surface area (Å²) < 4.78 is 18.9. The van der Waals surface area contributed by atoms with Crippen LogP contribution in [-0.2, 0) is 9.63 Å². The van der Waals surface area contributed by atoms with E-state index in [4.69, 9.17) is 4.74 Å². The summed E-state index contributed by atoms with van der Waals surface area (Å²) in [6, 6.07) is 15.2. The van der Waals surface area contributed by atoms with Gasteiger partial charge in [-0.2, -0.15) is 0 Å². The molecule has 2 aromatic carbocycles. The topological polar surface area (TPSA) is 59.9 Å². The molecule has 2 rings (SSSR count). The van der Waals surface area contributed by atoms with Crippen LogP contribution in [0.2, 0.25) is 0 Å². The molecule has 24 heavy (non-hydrogen) atoms. The first-order valence-corrected chi connectivity index (χ1v) is 7.45. The molecule has 126 valence electrons. The van der Waals surface area contributed by atoms with Gasteiger partial charge in [-0.1, -0.05) is 47.6 Å². The molecule has 0 heterocycles. The summed E-state index contributed by atoms with van der Waals surface area (Å²) in [5.41, 5.74) is 0.973. The van der Waals surface area contributed by atoms with Crippen LogP contribution in [0.4, 0.5) is 4.39 Å². The molecule has 0 aliphatic carbocycles. The molecule has 0 fully saturated rings. The Morgan fingerprint density at radius 2 is 1.83 bits per heavy atom. The Kier molecular flexibility index (Phi) is 6.31. The molecule has 1 N–H and O–H groups in total. The number of rotatable bonds is 7. The summed E-state index contributed by atoms with van der Waals surface area (Å²) in [6.07, 6.45) is 0. The summed E-state index contributed by atoms with van der Waals surface area (Å²) in [6.45, 7) is 1.65. The molecular formula is C18H19FN2O3. The van der Waals surface area contributed by atoms with E-state index in [2.05, 4.69) is 15.3 Å². The molecule has 0 aliphatic heterocycles. The predicted molar refractivity (Wildman–Crippen MR) is 89.3 cm³/mol. The maximum Gasteiger partial charge on any atom is 0.273 e. The van der Waals surface area contributed by atoms with Crippen molar-refractivity contribution in [3.63, 3.8) is 0 Å². The number of benzene rings is 2. The number of halogens is 1. The van der Waals surface area contributed by atoms with Crippen molar-refractivity contribution in [2.75, 3.05) is 13.7 Å². The van der Waals surface area contributed by atoms with Crippen LogP contribution in [0.25, 0.3) is 0 Å². The maximum atomic E-state index is 13.6. The van der Waals surface area contributed by atoms with Crippen molar-refractivity contribution in [2.24, 2.45) is 5.16 Å². The maximum absolute atomic E-state index is 13.6. The van der Waals surface area contributed by atoms with Gasteiger partial charge in [0.25, 0.3) is 5.91 Å². The lowest BCUT2D eigenvalue weighted by atomic mass is 10.1. The van der Waals surface area contributed by atoms with Crippen molar-refractivity contribution in [3.8, 4) is 5.75 Å². The number of para-hydroxylation sites is 1. The van der Waals surface area contributed by atoms with Crippen molar-refractivity contribution in [1.29, 1.82) is 0 Å². The zero-order valence-corrected chi connectivity index (χ0v) is 13.5. The minimum absolute atomic E-state index is 0.0172. The molecule has 0 aromatic heterocycles. The minimum atomic E-state index is -0.507. The van der Waals surface area contributed by atoms with E-state index < -0.39 is 11.7 Å². The van der Waals surface area contributed by atoms with Crippen LogP contribution in [0.15, 0.2) is 59.8 Å². The molecule has 5 nitrogen and oxygen atoms in total. The molecule has 0 aliphatic rings. The van der Waals surface area contributed by atoms with Gasteiger partial charge in [-0.05, 0) is 24.6 Å². The van der Waals surface area contributed by atoms with E-state index in [-0.39, 0.29) is 24.1 Å². The smallest absolute Gasteiger partial charge is 0.273 e. The monoisotopic (exact) mass is 330 g/mol. The van der Waals surface area contributed by atoms with Crippen LogP contribution in [0.3, 0.4) is 0 Å². The van der Waals surface area contributed by atoms with E-state index in [0.29, 0.717) is 0 Å². The van der Waals surface area contributed by atoms with Crippen LogP contribution < -0.4 is 10.1 Å². The largest absolute Gasteiger partial charge is 0.484 e. The summed E-state index contributed by atoms with van der Waals surface area (Å²) >= 11 is 0. The van der Waals surface area contributed by atoms with E-state index in [1.54, 1.807) is 12.1 Å². The minimum Gasteiger partial charge on any atom is -0.484 e. The van der Waals surface area contributed by atoms with Gasteiger partial charge in [-0.15, -0.1) is 0 Å². The molecule has 0 saturated heterocycles. The fourth-order valence-electron chi connectivity index (χ4n) is 2.06. The number of ether oxygens (including phenoxy) is 1. The predicted octanol–water partition coefficient (Wildman–Crippen LogP) is 3.08. The van der Waals surface area contributed by atoms with Gasteiger partial charge >= 0.3 is 0 Å². The van der Waals surface area contributed by atoms with Crippen molar-refractivity contribution in [2.45, 2.75) is 13.0 Å². The third kappa shape index (κ3) is 4.81. The molecule has 0 radical (unpaired) electrons. The highest BCUT2D eigenvalue weighted by atomic mass is 19.1. The lowest BCUT2D eigenvalue weighted by molar-refractivity contribution is -0.115. The Morgan fingerprint density at radius 3 is 2.50 bits per heavy atom. The standard InChI is InChI=1S/C18H19FN2O3/c1-13(14-8-4-3-5-9-14)20-18(22)16(21-23-2)12-24-17-11-7-6-10-15(17)19/h3-11,13H,12H2,1-2H3,(H,20,22). The Bertz CT molecular complexity index is 704. The van der Waals surface area contributed by atoms with Crippen molar-refractivity contribution < 1.29 is 18.8 Å². The average Bonchev–Trinajstić information content (AvgIpc) is 2.60. The zero-order valence-electron chi connectivity index (χ0n) is 13.5. The highest BCUT2D eigenvalue weighted by molar-refractivity contribution is 6.39. The van der Waals surface area contributed by atoms with Crippen LogP contribution >= 0.6 is 0 Å². The number of hydrogen-bond acceptors (Lipinski definition) is 4. The number of nitrogens with zero attached hydrogens (tertiary/aromatic N) is 1. The second-order valence-electron chi connectivity index (χ2n) is 5.05. The van der Waals surface area contributed by atoms with Gasteiger partial charge < -0.3 is 14.9 Å². The van der Waals surface area contributed by atoms with E-state index in [1.807, 2.05) is 37.3 Å². The number of oxime groups is 1. The van der Waals surface area contributed by atoms with Crippen molar-refractivity contribution in [3.05, 3.63) is 66.0 Å². The normalized spacial score (nSPS) is 12.4. The van der Waals surface area contributed by atoms with E-state index in [0.717, 1.165) is 5.56 Å². The lowest BCUT2D eigenvalue weighted by Crippen LogP contribution is -2.36. The van der Waals surface area contributed by atoms with Gasteiger partial charge in [-0.25, -0.2) is 4.39 Å². The van der Waals surface area contributed by atoms with Gasteiger partial charge in [0.1, 0.15) is 13.7 Å². The molecule has 0 spiro atoms. The molecular weight excluding hydrogens is 311 g/mol. The number of amides is 1. The summed E-state index contributed by atoms with van der Waals surface area (Å²) in [5.74, 6) is -0.901. The summed E-state index contributed by atoms with van der Waals surface area (Å²) in [5, 5.41) is 6.48. The van der Waals surface area contributed by atoms with Gasteiger partial charge in [0.2, 0.25) is 0 Å². The first-order valence-electron chi connectivity index (χ1n) is 7.45. The zero-order chi connectivity index (χ0) is 17.4. The average molecular weight is 330 g/mol. The number of carbonyl (C=O) groups is 1. The van der Waals surface area contributed by atoms with E-state index >= 15 is 0 Å². The lowest BCUT2D eigenvalue weighted by Gasteiger charge is -2.15. The third-order valence-electron chi connectivity index (χ3n) is 3.31. The SMILES string of the molecule is CON=C(COc1ccccc1F)C(=O)NC(C)c1ccccc1. The second-order valence-corrected chi connectivity index (χ2v) is 5.05. The van der Waals surface area contributed by atoms with E-state index in [1.165, 1.54) is 19.2 Å². The molecule has 2 aromatic rings. The first kappa shape index (κ1) is 17.5. The highest BCUT2D eigenvalue weighted by Crippen LogP contribution is 2.15. The highest BCUT2D eigenvalue weighted by Gasteiger charge is 2.17. The number of hydrogen-bond donors (Lipinski definition) is 1. The molecule has 6 heteroatoms. The van der Waals surface area contributed by atoms with Crippen LogP contribution in [0, 0.1) is 5.82 Å². The molecule has 1 atom stereocenters. The fraction of sp³-hybridized carbons (Fsp3) is 0.222. The van der Waals surface area contributed by atoms with Crippen LogP contribution in [-0.4, -0.2) is 25.3 Å². The summed E-state index contributed by atoms with van der Waals surface area (Å²) in [7, 11) is 1.33. The second kappa shape index (κ2) is 8.67. The first-order chi connectivity index (χ1) is 11.6. The Balaban J connectivity index is 2.00. The Labute approximate surface area is 140 Å². The van der Waals surface area contributed by atoms with Gasteiger partial charge in [0, 0.05) is 0 Å². The molecule has 0 saturated carbocycles. The number of carbonyl (C=O) groups excluding carboxylic acids is 1. The van der Waals surface area contributed by atoms with Crippen LogP contribution in [0.5, 0.6) is 5.75 Å².